The molecule has 0 spiro atoms. The minimum Gasteiger partial charge on any atom is -0.374 e. The van der Waals surface area contributed by atoms with Crippen LogP contribution in [0.1, 0.15) is 38.3 Å². The average molecular weight is 243 g/mol. The van der Waals surface area contributed by atoms with Crippen molar-refractivity contribution in [2.75, 3.05) is 13.6 Å². The standard InChI is InChI=1S/C17H25N/c1-7-14(4)12-18(6)15(5)17-10-8-16(9-11-17)13(2)3/h8-11,14H,2,5,7,12H2,1,3-4,6H3. The Morgan fingerprint density at radius 3 is 2.11 bits per heavy atom. The summed E-state index contributed by atoms with van der Waals surface area (Å²) in [6.07, 6.45) is 1.20. The maximum absolute atomic E-state index is 4.19. The molecule has 1 nitrogen and oxygen atoms in total. The summed E-state index contributed by atoms with van der Waals surface area (Å²) in [6, 6.07) is 8.47. The second kappa shape index (κ2) is 6.44. The predicted molar refractivity (Wildman–Crippen MR) is 82.3 cm³/mol. The zero-order valence-electron chi connectivity index (χ0n) is 12.2. The van der Waals surface area contributed by atoms with Crippen molar-refractivity contribution in [3.8, 4) is 0 Å². The lowest BCUT2D eigenvalue weighted by molar-refractivity contribution is 0.381. The maximum atomic E-state index is 4.19. The van der Waals surface area contributed by atoms with Crippen LogP contribution in [-0.4, -0.2) is 18.5 Å². The van der Waals surface area contributed by atoms with E-state index in [-0.39, 0.29) is 0 Å². The van der Waals surface area contributed by atoms with Gasteiger partial charge in [-0.05, 0) is 24.0 Å². The summed E-state index contributed by atoms with van der Waals surface area (Å²) in [5, 5.41) is 0. The van der Waals surface area contributed by atoms with Gasteiger partial charge in [-0.25, -0.2) is 0 Å². The topological polar surface area (TPSA) is 3.24 Å². The first kappa shape index (κ1) is 14.6. The smallest absolute Gasteiger partial charge is 0.0364 e. The Morgan fingerprint density at radius 2 is 1.67 bits per heavy atom. The van der Waals surface area contributed by atoms with E-state index >= 15 is 0 Å². The fourth-order valence-electron chi connectivity index (χ4n) is 1.87. The highest BCUT2D eigenvalue weighted by Crippen LogP contribution is 2.20. The lowest BCUT2D eigenvalue weighted by atomic mass is 10.0. The van der Waals surface area contributed by atoms with Gasteiger partial charge in [-0.2, -0.15) is 0 Å². The summed E-state index contributed by atoms with van der Waals surface area (Å²) in [6.45, 7) is 15.7. The van der Waals surface area contributed by atoms with Crippen LogP contribution < -0.4 is 0 Å². The molecule has 1 rings (SSSR count). The summed E-state index contributed by atoms with van der Waals surface area (Å²) in [7, 11) is 2.11. The molecule has 0 bridgehead atoms. The van der Waals surface area contributed by atoms with Gasteiger partial charge in [0.05, 0.1) is 0 Å². The molecule has 18 heavy (non-hydrogen) atoms. The number of hydrogen-bond acceptors (Lipinski definition) is 1. The van der Waals surface area contributed by atoms with Crippen LogP contribution >= 0.6 is 0 Å². The average Bonchev–Trinajstić information content (AvgIpc) is 2.37. The first-order valence-electron chi connectivity index (χ1n) is 6.62. The summed E-state index contributed by atoms with van der Waals surface area (Å²) < 4.78 is 0. The zero-order chi connectivity index (χ0) is 13.7. The van der Waals surface area contributed by atoms with Gasteiger partial charge in [-0.1, -0.05) is 63.3 Å². The van der Waals surface area contributed by atoms with Crippen LogP contribution in [0.2, 0.25) is 0 Å². The minimum atomic E-state index is 0.696. The molecule has 1 aromatic rings. The molecule has 1 heteroatoms. The van der Waals surface area contributed by atoms with Crippen molar-refractivity contribution in [3.05, 3.63) is 48.6 Å². The quantitative estimate of drug-likeness (QED) is 0.702. The van der Waals surface area contributed by atoms with E-state index in [9.17, 15) is 0 Å². The Hall–Kier alpha value is -1.50. The van der Waals surface area contributed by atoms with Crippen molar-refractivity contribution in [2.24, 2.45) is 5.92 Å². The molecule has 0 fully saturated rings. The van der Waals surface area contributed by atoms with E-state index in [2.05, 4.69) is 63.2 Å². The molecule has 1 atom stereocenters. The van der Waals surface area contributed by atoms with Gasteiger partial charge >= 0.3 is 0 Å². The van der Waals surface area contributed by atoms with E-state index < -0.39 is 0 Å². The molecule has 0 aliphatic rings. The van der Waals surface area contributed by atoms with E-state index in [0.717, 1.165) is 17.8 Å². The maximum Gasteiger partial charge on any atom is 0.0364 e. The lowest BCUT2D eigenvalue weighted by Gasteiger charge is -2.25. The summed E-state index contributed by atoms with van der Waals surface area (Å²) in [5.41, 5.74) is 4.56. The molecule has 0 N–H and O–H groups in total. The molecule has 0 aliphatic carbocycles. The molecule has 0 radical (unpaired) electrons. The third kappa shape index (κ3) is 3.76. The Bertz CT molecular complexity index is 414. The van der Waals surface area contributed by atoms with E-state index in [4.69, 9.17) is 0 Å². The first-order chi connectivity index (χ1) is 8.45. The van der Waals surface area contributed by atoms with Crippen LogP contribution in [0.4, 0.5) is 0 Å². The van der Waals surface area contributed by atoms with Crippen molar-refractivity contribution in [3.63, 3.8) is 0 Å². The van der Waals surface area contributed by atoms with Crippen molar-refractivity contribution in [2.45, 2.75) is 27.2 Å². The van der Waals surface area contributed by atoms with Gasteiger partial charge < -0.3 is 4.90 Å². The third-order valence-electron chi connectivity index (χ3n) is 3.45. The molecular weight excluding hydrogens is 218 g/mol. The summed E-state index contributed by atoms with van der Waals surface area (Å²) in [4.78, 5) is 2.24. The summed E-state index contributed by atoms with van der Waals surface area (Å²) >= 11 is 0. The van der Waals surface area contributed by atoms with E-state index in [1.165, 1.54) is 17.5 Å². The van der Waals surface area contributed by atoms with Crippen LogP contribution in [0.5, 0.6) is 0 Å². The van der Waals surface area contributed by atoms with Gasteiger partial charge in [0.2, 0.25) is 0 Å². The molecule has 1 aromatic carbocycles. The second-order valence-corrected chi connectivity index (χ2v) is 5.20. The molecule has 0 saturated heterocycles. The number of hydrogen-bond donors (Lipinski definition) is 0. The zero-order valence-corrected chi connectivity index (χ0v) is 12.2. The van der Waals surface area contributed by atoms with E-state index in [1.807, 2.05) is 6.92 Å². The Kier molecular flexibility index (Phi) is 5.21. The van der Waals surface area contributed by atoms with Crippen LogP contribution in [0.3, 0.4) is 0 Å². The summed E-state index contributed by atoms with van der Waals surface area (Å²) in [5.74, 6) is 0.696. The fourth-order valence-corrected chi connectivity index (χ4v) is 1.87. The van der Waals surface area contributed by atoms with Crippen molar-refractivity contribution < 1.29 is 0 Å². The Balaban J connectivity index is 2.74. The molecule has 0 aliphatic heterocycles. The number of rotatable bonds is 6. The van der Waals surface area contributed by atoms with Crippen molar-refractivity contribution in [1.82, 2.24) is 4.90 Å². The highest BCUT2D eigenvalue weighted by atomic mass is 15.1. The van der Waals surface area contributed by atoms with Crippen molar-refractivity contribution >= 4 is 11.3 Å². The monoisotopic (exact) mass is 243 g/mol. The van der Waals surface area contributed by atoms with Gasteiger partial charge in [0, 0.05) is 19.3 Å². The van der Waals surface area contributed by atoms with Gasteiger partial charge in [-0.3, -0.25) is 0 Å². The van der Waals surface area contributed by atoms with Crippen LogP contribution in [0, 0.1) is 5.92 Å². The number of benzene rings is 1. The van der Waals surface area contributed by atoms with Crippen molar-refractivity contribution in [1.29, 1.82) is 0 Å². The first-order valence-corrected chi connectivity index (χ1v) is 6.62. The molecule has 0 amide bonds. The normalized spacial score (nSPS) is 12.0. The SMILES string of the molecule is C=C(C)c1ccc(C(=C)N(C)CC(C)CC)cc1. The molecule has 0 aromatic heterocycles. The van der Waals surface area contributed by atoms with Gasteiger partial charge in [0.25, 0.3) is 0 Å². The molecular formula is C17H25N. The molecule has 98 valence electrons. The highest BCUT2D eigenvalue weighted by Gasteiger charge is 2.08. The highest BCUT2D eigenvalue weighted by molar-refractivity contribution is 5.66. The van der Waals surface area contributed by atoms with E-state index in [1.54, 1.807) is 0 Å². The molecule has 1 unspecified atom stereocenters. The van der Waals surface area contributed by atoms with Crippen LogP contribution in [0.25, 0.3) is 11.3 Å². The predicted octanol–water partition coefficient (Wildman–Crippen LogP) is 4.67. The van der Waals surface area contributed by atoms with Gasteiger partial charge in [0.1, 0.15) is 0 Å². The Labute approximate surface area is 112 Å². The number of allylic oxidation sites excluding steroid dienone is 1. The number of nitrogens with zero attached hydrogens (tertiary/aromatic N) is 1. The second-order valence-electron chi connectivity index (χ2n) is 5.20. The molecule has 0 saturated carbocycles. The fraction of sp³-hybridized carbons (Fsp3) is 0.412. The van der Waals surface area contributed by atoms with E-state index in [0.29, 0.717) is 5.92 Å². The van der Waals surface area contributed by atoms with Crippen LogP contribution in [0.15, 0.2) is 37.4 Å². The largest absolute Gasteiger partial charge is 0.374 e. The third-order valence-corrected chi connectivity index (χ3v) is 3.45. The lowest BCUT2D eigenvalue weighted by Crippen LogP contribution is -2.22. The Morgan fingerprint density at radius 1 is 1.17 bits per heavy atom. The van der Waals surface area contributed by atoms with Gasteiger partial charge in [0.15, 0.2) is 0 Å². The minimum absolute atomic E-state index is 0.696. The van der Waals surface area contributed by atoms with Crippen LogP contribution in [-0.2, 0) is 0 Å². The van der Waals surface area contributed by atoms with Gasteiger partial charge in [-0.15, -0.1) is 0 Å². The molecule has 0 heterocycles.